The van der Waals surface area contributed by atoms with E-state index in [0.717, 1.165) is 0 Å². The maximum atomic E-state index is 14.0. The van der Waals surface area contributed by atoms with Gasteiger partial charge in [0, 0.05) is 6.20 Å². The summed E-state index contributed by atoms with van der Waals surface area (Å²) in [5.41, 5.74) is 1.08. The van der Waals surface area contributed by atoms with E-state index in [4.69, 9.17) is 5.26 Å². The monoisotopic (exact) mass is 435 g/mol. The van der Waals surface area contributed by atoms with Gasteiger partial charge in [-0.1, -0.05) is 0 Å². The number of halogens is 1. The Bertz CT molecular complexity index is 1230. The molecule has 0 fully saturated rings. The molecule has 3 heterocycles. The molecule has 3 N–H and O–H groups in total. The molecule has 164 valence electrons. The number of hydrogen-bond donors (Lipinski definition) is 3. The lowest BCUT2D eigenvalue weighted by Gasteiger charge is -2.22. The molecule has 3 aromatic heterocycles. The van der Waals surface area contributed by atoms with Crippen LogP contribution in [0.1, 0.15) is 36.7 Å². The molecule has 0 aliphatic heterocycles. The molecule has 1 amide bonds. The van der Waals surface area contributed by atoms with Gasteiger partial charge in [0.1, 0.15) is 18.3 Å². The highest BCUT2D eigenvalue weighted by atomic mass is 19.1. The largest absolute Gasteiger partial charge is 0.387 e. The fourth-order valence-corrected chi connectivity index (χ4v) is 2.94. The van der Waals surface area contributed by atoms with Crippen molar-refractivity contribution in [3.63, 3.8) is 0 Å². The van der Waals surface area contributed by atoms with Crippen molar-refractivity contribution in [2.45, 2.75) is 38.6 Å². The lowest BCUT2D eigenvalue weighted by molar-refractivity contribution is -0.00177. The van der Waals surface area contributed by atoms with Crippen LogP contribution in [0.3, 0.4) is 0 Å². The van der Waals surface area contributed by atoms with E-state index < -0.39 is 23.7 Å². The molecule has 0 spiro atoms. The third-order valence-corrected chi connectivity index (χ3v) is 4.81. The van der Waals surface area contributed by atoms with Gasteiger partial charge in [0.15, 0.2) is 0 Å². The number of nitrogens with zero attached hydrogens (tertiary/aromatic N) is 5. The average Bonchev–Trinajstić information content (AvgIpc) is 3.19. The van der Waals surface area contributed by atoms with Gasteiger partial charge in [-0.3, -0.25) is 9.78 Å². The van der Waals surface area contributed by atoms with Gasteiger partial charge in [-0.05, 0) is 45.0 Å². The standard InChI is InChI=1S/C22H22FN7O2/c1-13(8-24)29-17-7-18(19-5-4-15-6-14(9-25)10-28-30(15)19)26-11-16(17)21(31)27-12-20(23)22(2,3)32/h4-7,10-11,13,20,32H,12H2,1-3H3,(H,26,29)(H,27,31). The van der Waals surface area contributed by atoms with E-state index in [9.17, 15) is 19.6 Å². The number of carbonyl (C=O) groups excluding carboxylic acids is 1. The van der Waals surface area contributed by atoms with Gasteiger partial charge in [-0.2, -0.15) is 15.6 Å². The first kappa shape index (κ1) is 22.7. The van der Waals surface area contributed by atoms with Crippen molar-refractivity contribution in [2.75, 3.05) is 11.9 Å². The molecule has 10 heteroatoms. The second-order valence-corrected chi connectivity index (χ2v) is 7.85. The number of nitrogens with one attached hydrogen (secondary N) is 2. The van der Waals surface area contributed by atoms with Gasteiger partial charge in [-0.15, -0.1) is 0 Å². The Morgan fingerprint density at radius 1 is 1.31 bits per heavy atom. The summed E-state index contributed by atoms with van der Waals surface area (Å²) in [5, 5.41) is 37.6. The van der Waals surface area contributed by atoms with E-state index in [0.29, 0.717) is 28.2 Å². The topological polar surface area (TPSA) is 139 Å². The Hall–Kier alpha value is -4.02. The van der Waals surface area contributed by atoms with Crippen LogP contribution in [0.25, 0.3) is 16.9 Å². The third kappa shape index (κ3) is 4.82. The van der Waals surface area contributed by atoms with Crippen LogP contribution in [-0.2, 0) is 0 Å². The van der Waals surface area contributed by atoms with Gasteiger partial charge >= 0.3 is 0 Å². The minimum atomic E-state index is -1.66. The first-order chi connectivity index (χ1) is 15.1. The molecular weight excluding hydrogens is 413 g/mol. The number of nitriles is 2. The van der Waals surface area contributed by atoms with Crippen LogP contribution >= 0.6 is 0 Å². The number of rotatable bonds is 7. The van der Waals surface area contributed by atoms with E-state index in [-0.39, 0.29) is 12.1 Å². The molecule has 0 aliphatic carbocycles. The lowest BCUT2D eigenvalue weighted by Crippen LogP contribution is -2.42. The minimum absolute atomic E-state index is 0.124. The Morgan fingerprint density at radius 3 is 2.72 bits per heavy atom. The van der Waals surface area contributed by atoms with Crippen molar-refractivity contribution in [2.24, 2.45) is 0 Å². The van der Waals surface area contributed by atoms with Crippen LogP contribution in [-0.4, -0.2) is 50.0 Å². The molecule has 0 saturated heterocycles. The van der Waals surface area contributed by atoms with Gasteiger partial charge in [0.05, 0.1) is 58.1 Å². The predicted molar refractivity (Wildman–Crippen MR) is 115 cm³/mol. The molecule has 0 bridgehead atoms. The Kier molecular flexibility index (Phi) is 6.37. The highest BCUT2D eigenvalue weighted by Crippen LogP contribution is 2.26. The number of aromatic nitrogens is 3. The fourth-order valence-electron chi connectivity index (χ4n) is 2.94. The SMILES string of the molecule is CC(C#N)Nc1cc(-c2ccc3cc(C#N)cnn23)ncc1C(=O)NCC(F)C(C)(C)O. The van der Waals surface area contributed by atoms with Gasteiger partial charge < -0.3 is 15.7 Å². The van der Waals surface area contributed by atoms with Gasteiger partial charge in [0.25, 0.3) is 5.91 Å². The highest BCUT2D eigenvalue weighted by molar-refractivity contribution is 6.00. The zero-order chi connectivity index (χ0) is 23.5. The Morgan fingerprint density at radius 2 is 2.06 bits per heavy atom. The van der Waals surface area contributed by atoms with E-state index in [1.807, 2.05) is 12.1 Å². The minimum Gasteiger partial charge on any atom is -0.387 e. The summed E-state index contributed by atoms with van der Waals surface area (Å²) < 4.78 is 15.6. The van der Waals surface area contributed by atoms with Gasteiger partial charge in [0.2, 0.25) is 0 Å². The summed E-state index contributed by atoms with van der Waals surface area (Å²) in [6.45, 7) is 3.88. The average molecular weight is 435 g/mol. The summed E-state index contributed by atoms with van der Waals surface area (Å²) in [5.74, 6) is -0.597. The fraction of sp³-hybridized carbons (Fsp3) is 0.318. The lowest BCUT2D eigenvalue weighted by atomic mass is 10.0. The molecule has 0 aromatic carbocycles. The normalized spacial score (nSPS) is 13.1. The van der Waals surface area contributed by atoms with Crippen molar-refractivity contribution in [3.05, 3.63) is 47.8 Å². The first-order valence-electron chi connectivity index (χ1n) is 9.83. The summed E-state index contributed by atoms with van der Waals surface area (Å²) in [6.07, 6.45) is 1.10. The highest BCUT2D eigenvalue weighted by Gasteiger charge is 2.27. The summed E-state index contributed by atoms with van der Waals surface area (Å²) in [6, 6.07) is 10.3. The quantitative estimate of drug-likeness (QED) is 0.518. The Labute approximate surface area is 184 Å². The van der Waals surface area contributed by atoms with Crippen LogP contribution in [0.4, 0.5) is 10.1 Å². The molecule has 0 radical (unpaired) electrons. The first-order valence-corrected chi connectivity index (χ1v) is 9.83. The summed E-state index contributed by atoms with van der Waals surface area (Å²) >= 11 is 0. The number of amides is 1. The number of fused-ring (bicyclic) bond motifs is 1. The van der Waals surface area contributed by atoms with Crippen LogP contribution in [0.15, 0.2) is 36.7 Å². The number of carbonyl (C=O) groups is 1. The molecule has 3 aromatic rings. The third-order valence-electron chi connectivity index (χ3n) is 4.81. The smallest absolute Gasteiger partial charge is 0.255 e. The van der Waals surface area contributed by atoms with Crippen molar-refractivity contribution in [1.29, 1.82) is 10.5 Å². The molecule has 3 rings (SSSR count). The van der Waals surface area contributed by atoms with Crippen LogP contribution < -0.4 is 10.6 Å². The van der Waals surface area contributed by atoms with E-state index in [2.05, 4.69) is 20.7 Å². The zero-order valence-corrected chi connectivity index (χ0v) is 17.8. The molecular formula is C22H22FN7O2. The maximum Gasteiger partial charge on any atom is 0.255 e. The van der Waals surface area contributed by atoms with Crippen molar-refractivity contribution < 1.29 is 14.3 Å². The van der Waals surface area contributed by atoms with Crippen molar-refractivity contribution >= 4 is 17.1 Å². The molecule has 0 saturated carbocycles. The van der Waals surface area contributed by atoms with Crippen LogP contribution in [0, 0.1) is 22.7 Å². The number of anilines is 1. The van der Waals surface area contributed by atoms with Crippen molar-refractivity contribution in [3.8, 4) is 23.5 Å². The second-order valence-electron chi connectivity index (χ2n) is 7.85. The molecule has 9 nitrogen and oxygen atoms in total. The van der Waals surface area contributed by atoms with Crippen LogP contribution in [0.5, 0.6) is 0 Å². The molecule has 2 atom stereocenters. The summed E-state index contributed by atoms with van der Waals surface area (Å²) in [4.78, 5) is 17.0. The number of pyridine rings is 1. The van der Waals surface area contributed by atoms with Gasteiger partial charge in [-0.25, -0.2) is 8.91 Å². The number of alkyl halides is 1. The maximum absolute atomic E-state index is 14.0. The van der Waals surface area contributed by atoms with E-state index >= 15 is 0 Å². The van der Waals surface area contributed by atoms with Crippen LogP contribution in [0.2, 0.25) is 0 Å². The van der Waals surface area contributed by atoms with E-state index in [1.54, 1.807) is 35.7 Å². The second kappa shape index (κ2) is 9.00. The molecule has 32 heavy (non-hydrogen) atoms. The number of hydrogen-bond acceptors (Lipinski definition) is 7. The zero-order valence-electron chi connectivity index (χ0n) is 17.8. The Balaban J connectivity index is 1.96. The summed E-state index contributed by atoms with van der Waals surface area (Å²) in [7, 11) is 0. The van der Waals surface area contributed by atoms with Crippen molar-refractivity contribution in [1.82, 2.24) is 19.9 Å². The number of aliphatic hydroxyl groups is 1. The predicted octanol–water partition coefficient (Wildman–Crippen LogP) is 2.43. The molecule has 0 aliphatic rings. The van der Waals surface area contributed by atoms with E-state index in [1.165, 1.54) is 26.2 Å². The molecule has 2 unspecified atom stereocenters.